The van der Waals surface area contributed by atoms with Crippen molar-refractivity contribution in [3.05, 3.63) is 17.0 Å². The van der Waals surface area contributed by atoms with Gasteiger partial charge in [-0.2, -0.15) is 0 Å². The first-order valence-electron chi connectivity index (χ1n) is 7.34. The molecule has 1 atom stereocenters. The predicted octanol–water partition coefficient (Wildman–Crippen LogP) is 1.27. The summed E-state index contributed by atoms with van der Waals surface area (Å²) in [5, 5.41) is 0. The summed E-state index contributed by atoms with van der Waals surface area (Å²) >= 11 is 0. The molecule has 0 amide bonds. The van der Waals surface area contributed by atoms with E-state index in [0.717, 1.165) is 12.8 Å². The van der Waals surface area contributed by atoms with Gasteiger partial charge in [-0.1, -0.05) is 0 Å². The largest absolute Gasteiger partial charge is 0.461 e. The van der Waals surface area contributed by atoms with Crippen molar-refractivity contribution >= 4 is 16.0 Å². The Labute approximate surface area is 130 Å². The molecule has 22 heavy (non-hydrogen) atoms. The van der Waals surface area contributed by atoms with Gasteiger partial charge in [-0.3, -0.25) is 0 Å². The second kappa shape index (κ2) is 6.80. The zero-order valence-corrected chi connectivity index (χ0v) is 13.9. The molecule has 0 aromatic carbocycles. The van der Waals surface area contributed by atoms with Gasteiger partial charge in [0.1, 0.15) is 10.6 Å². The molecule has 0 radical (unpaired) electrons. The summed E-state index contributed by atoms with van der Waals surface area (Å²) in [7, 11) is -3.71. The topological polar surface area (TPSA) is 97.5 Å². The number of hydrogen-bond acceptors (Lipinski definition) is 5. The van der Waals surface area contributed by atoms with Gasteiger partial charge in [0.2, 0.25) is 10.0 Å². The van der Waals surface area contributed by atoms with Gasteiger partial charge in [0.15, 0.2) is 0 Å². The van der Waals surface area contributed by atoms with Crippen molar-refractivity contribution in [3.63, 3.8) is 0 Å². The van der Waals surface area contributed by atoms with Crippen LogP contribution in [0, 0.1) is 13.8 Å². The van der Waals surface area contributed by atoms with Gasteiger partial charge in [0.05, 0.1) is 12.7 Å². The minimum absolute atomic E-state index is 0.0844. The highest BCUT2D eigenvalue weighted by Crippen LogP contribution is 2.24. The fraction of sp³-hybridized carbons (Fsp3) is 0.643. The number of aryl methyl sites for hydroxylation is 1. The van der Waals surface area contributed by atoms with Crippen molar-refractivity contribution in [2.75, 3.05) is 19.8 Å². The van der Waals surface area contributed by atoms with Crippen LogP contribution < -0.4 is 4.72 Å². The summed E-state index contributed by atoms with van der Waals surface area (Å²) in [5.41, 5.74) is 0.966. The Morgan fingerprint density at radius 1 is 1.45 bits per heavy atom. The van der Waals surface area contributed by atoms with Gasteiger partial charge in [0, 0.05) is 24.4 Å². The third kappa shape index (κ3) is 3.50. The molecule has 1 saturated heterocycles. The lowest BCUT2D eigenvalue weighted by molar-refractivity contribution is 0.0519. The van der Waals surface area contributed by atoms with E-state index in [1.54, 1.807) is 20.8 Å². The Balaban J connectivity index is 2.21. The first-order valence-corrected chi connectivity index (χ1v) is 8.82. The molecule has 0 bridgehead atoms. The Hall–Kier alpha value is -1.38. The van der Waals surface area contributed by atoms with Crippen LogP contribution in [0.3, 0.4) is 0 Å². The molecule has 7 nitrogen and oxygen atoms in total. The maximum atomic E-state index is 12.5. The molecular weight excluding hydrogens is 308 g/mol. The zero-order chi connectivity index (χ0) is 16.3. The first kappa shape index (κ1) is 17.0. The van der Waals surface area contributed by atoms with Gasteiger partial charge < -0.3 is 14.5 Å². The average Bonchev–Trinajstić information content (AvgIpc) is 3.05. The summed E-state index contributed by atoms with van der Waals surface area (Å²) in [5.74, 6) is -0.552. The van der Waals surface area contributed by atoms with Crippen LogP contribution in [-0.2, 0) is 19.5 Å². The Morgan fingerprint density at radius 2 is 2.18 bits per heavy atom. The SMILES string of the molecule is CCOC(=O)c1[nH]c(C)c(S(=O)(=O)NC[C@@H]2CCCO2)c1C. The Morgan fingerprint density at radius 3 is 2.77 bits per heavy atom. The van der Waals surface area contributed by atoms with Crippen LogP contribution in [-0.4, -0.2) is 45.2 Å². The number of hydrogen-bond donors (Lipinski definition) is 2. The summed E-state index contributed by atoms with van der Waals surface area (Å²) < 4.78 is 37.9. The van der Waals surface area contributed by atoms with Gasteiger partial charge in [-0.25, -0.2) is 17.9 Å². The van der Waals surface area contributed by atoms with Crippen LogP contribution in [0.4, 0.5) is 0 Å². The zero-order valence-electron chi connectivity index (χ0n) is 13.1. The molecule has 1 aromatic heterocycles. The van der Waals surface area contributed by atoms with E-state index in [4.69, 9.17) is 9.47 Å². The van der Waals surface area contributed by atoms with Crippen molar-refractivity contribution in [2.24, 2.45) is 0 Å². The fourth-order valence-corrected chi connectivity index (χ4v) is 4.13. The molecular formula is C14H22N2O5S. The summed E-state index contributed by atoms with van der Waals surface area (Å²) in [6, 6.07) is 0. The molecule has 0 spiro atoms. The highest BCUT2D eigenvalue weighted by molar-refractivity contribution is 7.89. The standard InChI is InChI=1S/C14H22N2O5S/c1-4-20-14(17)12-9(2)13(10(3)16-12)22(18,19)15-8-11-6-5-7-21-11/h11,15-16H,4-8H2,1-3H3/t11-/m0/s1. The molecule has 1 aliphatic rings. The highest BCUT2D eigenvalue weighted by Gasteiger charge is 2.28. The van der Waals surface area contributed by atoms with Crippen molar-refractivity contribution in [3.8, 4) is 0 Å². The first-order chi connectivity index (χ1) is 10.4. The number of ether oxygens (including phenoxy) is 2. The minimum Gasteiger partial charge on any atom is -0.461 e. The Kier molecular flexibility index (Phi) is 5.25. The monoisotopic (exact) mass is 330 g/mol. The van der Waals surface area contributed by atoms with Crippen LogP contribution in [0.15, 0.2) is 4.90 Å². The molecule has 8 heteroatoms. The number of H-pyrrole nitrogens is 1. The van der Waals surface area contributed by atoms with E-state index in [9.17, 15) is 13.2 Å². The van der Waals surface area contributed by atoms with Crippen molar-refractivity contribution < 1.29 is 22.7 Å². The van der Waals surface area contributed by atoms with Gasteiger partial charge in [0.25, 0.3) is 0 Å². The fourth-order valence-electron chi connectivity index (χ4n) is 2.62. The van der Waals surface area contributed by atoms with Crippen LogP contribution in [0.2, 0.25) is 0 Å². The smallest absolute Gasteiger partial charge is 0.355 e. The number of sulfonamides is 1. The predicted molar refractivity (Wildman–Crippen MR) is 80.4 cm³/mol. The van der Waals surface area contributed by atoms with E-state index in [1.807, 2.05) is 0 Å². The lowest BCUT2D eigenvalue weighted by atomic mass is 10.2. The van der Waals surface area contributed by atoms with Gasteiger partial charge in [-0.05, 0) is 33.6 Å². The molecule has 124 valence electrons. The molecule has 2 N–H and O–H groups in total. The number of nitrogens with one attached hydrogen (secondary N) is 2. The molecule has 1 fully saturated rings. The van der Waals surface area contributed by atoms with E-state index < -0.39 is 16.0 Å². The highest BCUT2D eigenvalue weighted by atomic mass is 32.2. The maximum Gasteiger partial charge on any atom is 0.355 e. The summed E-state index contributed by atoms with van der Waals surface area (Å²) in [6.45, 7) is 6.05. The Bertz CT molecular complexity index is 644. The number of carbonyl (C=O) groups excluding carboxylic acids is 1. The van der Waals surface area contributed by atoms with Crippen molar-refractivity contribution in [1.29, 1.82) is 0 Å². The number of rotatable bonds is 6. The summed E-state index contributed by atoms with van der Waals surface area (Å²) in [4.78, 5) is 14.7. The third-order valence-electron chi connectivity index (χ3n) is 3.64. The number of aromatic amines is 1. The second-order valence-electron chi connectivity index (χ2n) is 5.29. The normalized spacial score (nSPS) is 18.6. The maximum absolute atomic E-state index is 12.5. The molecule has 1 aromatic rings. The molecule has 0 unspecified atom stereocenters. The number of carbonyl (C=O) groups is 1. The van der Waals surface area contributed by atoms with E-state index in [1.165, 1.54) is 0 Å². The van der Waals surface area contributed by atoms with Crippen molar-refractivity contribution in [1.82, 2.24) is 9.71 Å². The quantitative estimate of drug-likeness (QED) is 0.766. The molecule has 1 aliphatic heterocycles. The summed E-state index contributed by atoms with van der Waals surface area (Å²) in [6.07, 6.45) is 1.71. The second-order valence-corrected chi connectivity index (χ2v) is 6.99. The molecule has 2 heterocycles. The average molecular weight is 330 g/mol. The van der Waals surface area contributed by atoms with Crippen molar-refractivity contribution in [2.45, 2.75) is 44.6 Å². The van der Waals surface area contributed by atoms with E-state index in [-0.39, 0.29) is 29.8 Å². The lowest BCUT2D eigenvalue weighted by Gasteiger charge is -2.12. The van der Waals surface area contributed by atoms with E-state index in [2.05, 4.69) is 9.71 Å². The molecule has 0 saturated carbocycles. The van der Waals surface area contributed by atoms with E-state index in [0.29, 0.717) is 17.9 Å². The number of aromatic nitrogens is 1. The van der Waals surface area contributed by atoms with Crippen LogP contribution in [0.5, 0.6) is 0 Å². The van der Waals surface area contributed by atoms with E-state index >= 15 is 0 Å². The van der Waals surface area contributed by atoms with Crippen LogP contribution >= 0.6 is 0 Å². The molecule has 2 rings (SSSR count). The van der Waals surface area contributed by atoms with Gasteiger partial charge in [-0.15, -0.1) is 0 Å². The lowest BCUT2D eigenvalue weighted by Crippen LogP contribution is -2.32. The van der Waals surface area contributed by atoms with Gasteiger partial charge >= 0.3 is 5.97 Å². The molecule has 0 aliphatic carbocycles. The van der Waals surface area contributed by atoms with Crippen LogP contribution in [0.1, 0.15) is 41.5 Å². The minimum atomic E-state index is -3.71. The third-order valence-corrected chi connectivity index (χ3v) is 5.34. The number of esters is 1. The van der Waals surface area contributed by atoms with Crippen LogP contribution in [0.25, 0.3) is 0 Å².